The molecule has 1 aromatic carbocycles. The molecule has 0 aliphatic carbocycles. The third kappa shape index (κ3) is 6.22. The van der Waals surface area contributed by atoms with E-state index in [0.29, 0.717) is 17.8 Å². The number of fused-ring (bicyclic) bond motifs is 3. The number of hydrogen-bond donors (Lipinski definition) is 2. The van der Waals surface area contributed by atoms with E-state index < -0.39 is 0 Å². The van der Waals surface area contributed by atoms with Crippen LogP contribution in [0, 0.1) is 0 Å². The molecule has 0 radical (unpaired) electrons. The minimum Gasteiger partial charge on any atom is -0.348 e. The quantitative estimate of drug-likeness (QED) is 0.684. The summed E-state index contributed by atoms with van der Waals surface area (Å²) in [4.78, 5) is 28.1. The molecule has 35 heavy (non-hydrogen) atoms. The number of carbonyl (C=O) groups excluding carboxylic acids is 2. The Hall–Kier alpha value is -2.45. The van der Waals surface area contributed by atoms with Crippen molar-refractivity contribution < 1.29 is 9.59 Å². The Kier molecular flexibility index (Phi) is 8.44. The molecule has 2 aromatic rings. The first-order valence-electron chi connectivity index (χ1n) is 13.4. The van der Waals surface area contributed by atoms with Gasteiger partial charge < -0.3 is 15.5 Å². The maximum atomic E-state index is 12.8. The van der Waals surface area contributed by atoms with Crippen molar-refractivity contribution in [2.75, 3.05) is 32.7 Å². The lowest BCUT2D eigenvalue weighted by Crippen LogP contribution is -2.48. The van der Waals surface area contributed by atoms with Crippen molar-refractivity contribution in [3.05, 3.63) is 30.0 Å². The number of piperazine rings is 1. The number of piperidine rings is 1. The minimum absolute atomic E-state index is 0.0353. The summed E-state index contributed by atoms with van der Waals surface area (Å²) in [7, 11) is 0. The van der Waals surface area contributed by atoms with Gasteiger partial charge in [0.15, 0.2) is 5.69 Å². The largest absolute Gasteiger partial charge is 0.348 e. The van der Waals surface area contributed by atoms with Crippen LogP contribution in [0.5, 0.6) is 0 Å². The molecule has 8 heteroatoms. The average molecular weight is 483 g/mol. The van der Waals surface area contributed by atoms with Gasteiger partial charge in [-0.3, -0.25) is 19.2 Å². The molecule has 2 amide bonds. The summed E-state index contributed by atoms with van der Waals surface area (Å²) in [5.41, 5.74) is 1.58. The summed E-state index contributed by atoms with van der Waals surface area (Å²) in [6.07, 6.45) is 5.75. The van der Waals surface area contributed by atoms with E-state index in [0.717, 1.165) is 49.9 Å². The van der Waals surface area contributed by atoms with Gasteiger partial charge in [0.2, 0.25) is 5.91 Å². The summed E-state index contributed by atoms with van der Waals surface area (Å²) in [6.45, 7) is 13.1. The average Bonchev–Trinajstić information content (AvgIpc) is 3.40. The van der Waals surface area contributed by atoms with Gasteiger partial charge in [0, 0.05) is 62.7 Å². The van der Waals surface area contributed by atoms with E-state index in [1.54, 1.807) is 6.92 Å². The van der Waals surface area contributed by atoms with Crippen LogP contribution in [0.25, 0.3) is 10.9 Å². The number of nitrogens with one attached hydrogen (secondary N) is 2. The number of hydrogen-bond acceptors (Lipinski definition) is 5. The molecule has 0 saturated carbocycles. The second kappa shape index (κ2) is 11.5. The van der Waals surface area contributed by atoms with E-state index in [2.05, 4.69) is 41.4 Å². The van der Waals surface area contributed by atoms with Crippen molar-refractivity contribution in [3.63, 3.8) is 0 Å². The standard InChI is InChI=1S/C18H24N4O.C9H18N2O/c1-11(2)22-16-6-4-3-5-15(16)17(21-22)18(23)20-14-9-12-7-8-13(10-14)19-12;1-3-4-10-5-7-11(8-6-10)9(2)12/h3-6,11-14,19H,7-10H2,1-2H3,(H,20,23);3-8H2,1-2H3/t12-,13+,14?;. The lowest BCUT2D eigenvalue weighted by molar-refractivity contribution is -0.130. The fourth-order valence-corrected chi connectivity index (χ4v) is 5.68. The van der Waals surface area contributed by atoms with Crippen LogP contribution in [0.15, 0.2) is 24.3 Å². The van der Waals surface area contributed by atoms with Crippen molar-refractivity contribution in [1.82, 2.24) is 30.2 Å². The molecule has 0 spiro atoms. The molecule has 3 aliphatic heterocycles. The second-order valence-corrected chi connectivity index (χ2v) is 10.5. The Morgan fingerprint density at radius 1 is 1.09 bits per heavy atom. The van der Waals surface area contributed by atoms with Crippen molar-refractivity contribution in [3.8, 4) is 0 Å². The zero-order valence-corrected chi connectivity index (χ0v) is 21.8. The molecule has 2 N–H and O–H groups in total. The van der Waals surface area contributed by atoms with Gasteiger partial charge in [-0.2, -0.15) is 5.10 Å². The number of aromatic nitrogens is 2. The third-order valence-electron chi connectivity index (χ3n) is 7.48. The van der Waals surface area contributed by atoms with E-state index in [9.17, 15) is 9.59 Å². The third-order valence-corrected chi connectivity index (χ3v) is 7.48. The van der Waals surface area contributed by atoms with Crippen LogP contribution in [-0.4, -0.2) is 82.2 Å². The molecule has 4 heterocycles. The predicted molar refractivity (Wildman–Crippen MR) is 140 cm³/mol. The predicted octanol–water partition coefficient (Wildman–Crippen LogP) is 3.19. The fourth-order valence-electron chi connectivity index (χ4n) is 5.68. The number of benzene rings is 1. The molecule has 2 bridgehead atoms. The van der Waals surface area contributed by atoms with E-state index >= 15 is 0 Å². The Labute approximate surface area is 209 Å². The van der Waals surface area contributed by atoms with Crippen LogP contribution in [-0.2, 0) is 4.79 Å². The number of nitrogens with zero attached hydrogens (tertiary/aromatic N) is 4. The van der Waals surface area contributed by atoms with Gasteiger partial charge in [-0.15, -0.1) is 0 Å². The van der Waals surface area contributed by atoms with Crippen LogP contribution < -0.4 is 10.6 Å². The minimum atomic E-state index is -0.0353. The molecule has 8 nitrogen and oxygen atoms in total. The first kappa shape index (κ1) is 25.6. The lowest BCUT2D eigenvalue weighted by Gasteiger charge is -2.33. The molecule has 3 atom stereocenters. The van der Waals surface area contributed by atoms with Crippen molar-refractivity contribution >= 4 is 22.7 Å². The van der Waals surface area contributed by atoms with Gasteiger partial charge in [0.25, 0.3) is 5.91 Å². The van der Waals surface area contributed by atoms with Crippen LogP contribution in [0.2, 0.25) is 0 Å². The maximum Gasteiger partial charge on any atom is 0.272 e. The zero-order chi connectivity index (χ0) is 24.9. The Morgan fingerprint density at radius 3 is 2.34 bits per heavy atom. The first-order valence-corrected chi connectivity index (χ1v) is 13.4. The van der Waals surface area contributed by atoms with Crippen molar-refractivity contribution in [2.24, 2.45) is 0 Å². The molecular weight excluding hydrogens is 440 g/mol. The number of rotatable bonds is 5. The summed E-state index contributed by atoms with van der Waals surface area (Å²) in [5, 5.41) is 12.4. The molecule has 5 rings (SSSR count). The second-order valence-electron chi connectivity index (χ2n) is 10.5. The fraction of sp³-hybridized carbons (Fsp3) is 0.667. The van der Waals surface area contributed by atoms with Crippen LogP contribution in [0.3, 0.4) is 0 Å². The van der Waals surface area contributed by atoms with E-state index in [-0.39, 0.29) is 23.9 Å². The highest BCUT2D eigenvalue weighted by atomic mass is 16.2. The van der Waals surface area contributed by atoms with Gasteiger partial charge >= 0.3 is 0 Å². The van der Waals surface area contributed by atoms with Crippen LogP contribution in [0.4, 0.5) is 0 Å². The van der Waals surface area contributed by atoms with Crippen molar-refractivity contribution in [1.29, 1.82) is 0 Å². The summed E-state index contributed by atoms with van der Waals surface area (Å²) < 4.78 is 1.94. The number of para-hydroxylation sites is 1. The molecule has 1 unspecified atom stereocenters. The lowest BCUT2D eigenvalue weighted by atomic mass is 9.99. The van der Waals surface area contributed by atoms with Crippen molar-refractivity contribution in [2.45, 2.75) is 84.0 Å². The highest BCUT2D eigenvalue weighted by Gasteiger charge is 2.34. The van der Waals surface area contributed by atoms with E-state index in [1.807, 2.05) is 33.8 Å². The molecule has 192 valence electrons. The Balaban J connectivity index is 0.000000204. The number of carbonyl (C=O) groups is 2. The van der Waals surface area contributed by atoms with Gasteiger partial charge in [-0.25, -0.2) is 0 Å². The maximum absolute atomic E-state index is 12.8. The van der Waals surface area contributed by atoms with Gasteiger partial charge in [0.05, 0.1) is 5.52 Å². The summed E-state index contributed by atoms with van der Waals surface area (Å²) >= 11 is 0. The summed E-state index contributed by atoms with van der Waals surface area (Å²) in [5.74, 6) is 0.179. The Bertz CT molecular complexity index is 998. The summed E-state index contributed by atoms with van der Waals surface area (Å²) in [6, 6.07) is 9.63. The topological polar surface area (TPSA) is 82.5 Å². The molecule has 3 saturated heterocycles. The van der Waals surface area contributed by atoms with Crippen LogP contribution in [0.1, 0.15) is 76.3 Å². The highest BCUT2D eigenvalue weighted by molar-refractivity contribution is 6.05. The smallest absolute Gasteiger partial charge is 0.272 e. The molecule has 3 fully saturated rings. The van der Waals surface area contributed by atoms with Gasteiger partial charge in [0.1, 0.15) is 0 Å². The number of amides is 2. The van der Waals surface area contributed by atoms with Crippen LogP contribution >= 0.6 is 0 Å². The first-order chi connectivity index (χ1) is 16.9. The molecular formula is C27H42N6O2. The van der Waals surface area contributed by atoms with Gasteiger partial charge in [-0.1, -0.05) is 25.1 Å². The van der Waals surface area contributed by atoms with E-state index in [4.69, 9.17) is 0 Å². The Morgan fingerprint density at radius 2 is 1.74 bits per heavy atom. The highest BCUT2D eigenvalue weighted by Crippen LogP contribution is 2.27. The SMILES string of the molecule is CC(C)n1nc(C(=O)NC2C[C@H]3CC[C@@H](C2)N3)c2ccccc21.CCCN1CCN(C(C)=O)CC1. The molecule has 3 aliphatic rings. The zero-order valence-electron chi connectivity index (χ0n) is 21.8. The van der Waals surface area contributed by atoms with E-state index in [1.165, 1.54) is 25.8 Å². The normalized spacial score (nSPS) is 24.4. The monoisotopic (exact) mass is 482 g/mol. The van der Waals surface area contributed by atoms with Gasteiger partial charge in [-0.05, 0) is 58.6 Å². The molecule has 1 aromatic heterocycles.